The van der Waals surface area contributed by atoms with Gasteiger partial charge in [0, 0.05) is 6.07 Å². The molecule has 0 saturated heterocycles. The Morgan fingerprint density at radius 1 is 1.32 bits per heavy atom. The molecule has 0 amide bonds. The van der Waals surface area contributed by atoms with Crippen LogP contribution in [0.15, 0.2) is 34.9 Å². The molecule has 0 fully saturated rings. The molecule has 0 unspecified atom stereocenters. The zero-order valence-corrected chi connectivity index (χ0v) is 12.1. The van der Waals surface area contributed by atoms with E-state index in [1.54, 1.807) is 6.07 Å². The fourth-order valence-electron chi connectivity index (χ4n) is 1.55. The second kappa shape index (κ2) is 6.38. The molecule has 0 saturated carbocycles. The van der Waals surface area contributed by atoms with Crippen molar-refractivity contribution in [2.24, 2.45) is 0 Å². The summed E-state index contributed by atoms with van der Waals surface area (Å²) in [5.74, 6) is 1.76. The molecule has 5 nitrogen and oxygen atoms in total. The fraction of sp³-hybridized carbons (Fsp3) is 0.231. The molecular formula is C13H15BrN4O. The Morgan fingerprint density at radius 2 is 2.16 bits per heavy atom. The summed E-state index contributed by atoms with van der Waals surface area (Å²) in [5.41, 5.74) is 6.79. The summed E-state index contributed by atoms with van der Waals surface area (Å²) in [5, 5.41) is 3.05. The number of benzene rings is 1. The average molecular weight is 323 g/mol. The summed E-state index contributed by atoms with van der Waals surface area (Å²) in [4.78, 5) is 8.21. The van der Waals surface area contributed by atoms with Crippen molar-refractivity contribution in [3.05, 3.63) is 40.5 Å². The minimum atomic E-state index is 0.420. The first-order valence-corrected chi connectivity index (χ1v) is 6.66. The minimum Gasteiger partial charge on any atom is -0.492 e. The molecule has 6 heteroatoms. The van der Waals surface area contributed by atoms with E-state index in [0.29, 0.717) is 29.5 Å². The third-order valence-corrected chi connectivity index (χ3v) is 2.76. The second-order valence-corrected chi connectivity index (χ2v) is 4.84. The van der Waals surface area contributed by atoms with Gasteiger partial charge < -0.3 is 15.8 Å². The fourth-order valence-corrected chi connectivity index (χ4v) is 1.95. The normalized spacial score (nSPS) is 10.2. The van der Waals surface area contributed by atoms with Crippen molar-refractivity contribution in [1.29, 1.82) is 0 Å². The maximum atomic E-state index is 5.62. The Kier molecular flexibility index (Phi) is 4.57. The van der Waals surface area contributed by atoms with E-state index in [1.165, 1.54) is 5.56 Å². The van der Waals surface area contributed by atoms with Crippen molar-refractivity contribution in [2.75, 3.05) is 24.2 Å². The Hall–Kier alpha value is -1.82. The van der Waals surface area contributed by atoms with E-state index in [-0.39, 0.29) is 0 Å². The van der Waals surface area contributed by atoms with Crippen LogP contribution in [0.25, 0.3) is 0 Å². The SMILES string of the molecule is Cc1cccc(OCCNc2nc(N)cc(Br)n2)c1. The van der Waals surface area contributed by atoms with Crippen LogP contribution in [0.4, 0.5) is 11.8 Å². The molecule has 1 heterocycles. The van der Waals surface area contributed by atoms with E-state index in [2.05, 4.69) is 31.2 Å². The van der Waals surface area contributed by atoms with Gasteiger partial charge in [0.15, 0.2) is 0 Å². The van der Waals surface area contributed by atoms with Gasteiger partial charge in [-0.15, -0.1) is 0 Å². The summed E-state index contributed by atoms with van der Waals surface area (Å²) in [6.07, 6.45) is 0. The Balaban J connectivity index is 1.80. The molecule has 1 aromatic carbocycles. The van der Waals surface area contributed by atoms with Crippen molar-refractivity contribution in [3.8, 4) is 5.75 Å². The van der Waals surface area contributed by atoms with Gasteiger partial charge in [0.25, 0.3) is 0 Å². The summed E-state index contributed by atoms with van der Waals surface area (Å²) in [6.45, 7) is 3.16. The van der Waals surface area contributed by atoms with Crippen molar-refractivity contribution >= 4 is 27.7 Å². The molecule has 2 aromatic rings. The molecule has 0 aliphatic rings. The third-order valence-electron chi connectivity index (χ3n) is 2.36. The van der Waals surface area contributed by atoms with Gasteiger partial charge in [-0.1, -0.05) is 12.1 Å². The smallest absolute Gasteiger partial charge is 0.225 e. The number of anilines is 2. The van der Waals surface area contributed by atoms with Crippen LogP contribution in [0, 0.1) is 6.92 Å². The first-order valence-electron chi connectivity index (χ1n) is 5.87. The van der Waals surface area contributed by atoms with Crippen LogP contribution >= 0.6 is 15.9 Å². The Bertz CT molecular complexity index is 542. The van der Waals surface area contributed by atoms with Gasteiger partial charge in [0.1, 0.15) is 22.8 Å². The Labute approximate surface area is 120 Å². The van der Waals surface area contributed by atoms with Crippen LogP contribution in [-0.2, 0) is 0 Å². The lowest BCUT2D eigenvalue weighted by Gasteiger charge is -2.08. The number of aryl methyl sites for hydroxylation is 1. The summed E-state index contributed by atoms with van der Waals surface area (Å²) in [7, 11) is 0. The molecule has 3 N–H and O–H groups in total. The van der Waals surface area contributed by atoms with Crippen molar-refractivity contribution in [3.63, 3.8) is 0 Å². The van der Waals surface area contributed by atoms with Gasteiger partial charge in [-0.3, -0.25) is 0 Å². The molecule has 0 aliphatic heterocycles. The largest absolute Gasteiger partial charge is 0.492 e. The lowest BCUT2D eigenvalue weighted by Crippen LogP contribution is -2.14. The maximum absolute atomic E-state index is 5.62. The topological polar surface area (TPSA) is 73.1 Å². The van der Waals surface area contributed by atoms with Gasteiger partial charge in [0.05, 0.1) is 6.54 Å². The number of nitrogen functional groups attached to an aromatic ring is 1. The van der Waals surface area contributed by atoms with Crippen LogP contribution in [0.2, 0.25) is 0 Å². The van der Waals surface area contributed by atoms with Crippen LogP contribution in [0.5, 0.6) is 5.75 Å². The van der Waals surface area contributed by atoms with Crippen LogP contribution in [0.1, 0.15) is 5.56 Å². The van der Waals surface area contributed by atoms with E-state index in [1.807, 2.05) is 31.2 Å². The van der Waals surface area contributed by atoms with E-state index < -0.39 is 0 Å². The number of hydrogen-bond acceptors (Lipinski definition) is 5. The summed E-state index contributed by atoms with van der Waals surface area (Å²) < 4.78 is 6.26. The number of ether oxygens (including phenoxy) is 1. The maximum Gasteiger partial charge on any atom is 0.225 e. The van der Waals surface area contributed by atoms with Gasteiger partial charge in [-0.05, 0) is 40.5 Å². The van der Waals surface area contributed by atoms with Gasteiger partial charge in [-0.2, -0.15) is 4.98 Å². The molecule has 0 spiro atoms. The van der Waals surface area contributed by atoms with Crippen molar-refractivity contribution in [2.45, 2.75) is 6.92 Å². The van der Waals surface area contributed by atoms with Crippen molar-refractivity contribution < 1.29 is 4.74 Å². The minimum absolute atomic E-state index is 0.420. The Morgan fingerprint density at radius 3 is 2.89 bits per heavy atom. The predicted molar refractivity (Wildman–Crippen MR) is 79.3 cm³/mol. The van der Waals surface area contributed by atoms with Crippen LogP contribution < -0.4 is 15.8 Å². The molecule has 19 heavy (non-hydrogen) atoms. The lowest BCUT2D eigenvalue weighted by molar-refractivity contribution is 0.332. The lowest BCUT2D eigenvalue weighted by atomic mass is 10.2. The van der Waals surface area contributed by atoms with Gasteiger partial charge in [0.2, 0.25) is 5.95 Å². The number of nitrogens with zero attached hydrogens (tertiary/aromatic N) is 2. The highest BCUT2D eigenvalue weighted by Crippen LogP contribution is 2.13. The standard InChI is InChI=1S/C13H15BrN4O/c1-9-3-2-4-10(7-9)19-6-5-16-13-17-11(14)8-12(15)18-13/h2-4,7-8H,5-6H2,1H3,(H3,15,16,17,18). The zero-order valence-electron chi connectivity index (χ0n) is 10.6. The molecular weight excluding hydrogens is 308 g/mol. The van der Waals surface area contributed by atoms with Crippen molar-refractivity contribution in [1.82, 2.24) is 9.97 Å². The highest BCUT2D eigenvalue weighted by molar-refractivity contribution is 9.10. The quantitative estimate of drug-likeness (QED) is 0.654. The van der Waals surface area contributed by atoms with E-state index in [4.69, 9.17) is 10.5 Å². The number of nitrogens with one attached hydrogen (secondary N) is 1. The second-order valence-electron chi connectivity index (χ2n) is 4.03. The first-order chi connectivity index (χ1) is 9.13. The number of aromatic nitrogens is 2. The van der Waals surface area contributed by atoms with Crippen LogP contribution in [-0.4, -0.2) is 23.1 Å². The molecule has 100 valence electrons. The highest BCUT2D eigenvalue weighted by Gasteiger charge is 2.00. The van der Waals surface area contributed by atoms with Gasteiger partial charge in [-0.25, -0.2) is 4.98 Å². The number of hydrogen-bond donors (Lipinski definition) is 2. The van der Waals surface area contributed by atoms with E-state index in [9.17, 15) is 0 Å². The third kappa shape index (κ3) is 4.40. The molecule has 1 aromatic heterocycles. The number of rotatable bonds is 5. The monoisotopic (exact) mass is 322 g/mol. The van der Waals surface area contributed by atoms with Crippen LogP contribution in [0.3, 0.4) is 0 Å². The molecule has 0 bridgehead atoms. The highest BCUT2D eigenvalue weighted by atomic mass is 79.9. The summed E-state index contributed by atoms with van der Waals surface area (Å²) >= 11 is 3.26. The van der Waals surface area contributed by atoms with E-state index >= 15 is 0 Å². The van der Waals surface area contributed by atoms with Gasteiger partial charge >= 0.3 is 0 Å². The summed E-state index contributed by atoms with van der Waals surface area (Å²) in [6, 6.07) is 9.57. The number of halogens is 1. The predicted octanol–water partition coefficient (Wildman–Crippen LogP) is 2.62. The average Bonchev–Trinajstić information content (AvgIpc) is 2.34. The first kappa shape index (κ1) is 13.6. The molecule has 2 rings (SSSR count). The molecule has 0 atom stereocenters. The number of nitrogens with two attached hydrogens (primary N) is 1. The van der Waals surface area contributed by atoms with E-state index in [0.717, 1.165) is 5.75 Å². The molecule has 0 radical (unpaired) electrons. The zero-order chi connectivity index (χ0) is 13.7. The molecule has 0 aliphatic carbocycles.